The average molecular weight is 570 g/mol. The first-order valence-electron chi connectivity index (χ1n) is 13.3. The minimum absolute atomic E-state index is 0.000818. The predicted molar refractivity (Wildman–Crippen MR) is 158 cm³/mol. The summed E-state index contributed by atoms with van der Waals surface area (Å²) in [5, 5.41) is 22.5. The highest BCUT2D eigenvalue weighted by Gasteiger charge is 2.47. The molecule has 0 spiro atoms. The molecule has 2 N–H and O–H groups in total. The maximum absolute atomic E-state index is 13.2. The first-order valence-corrected chi connectivity index (χ1v) is 14.1. The topological polar surface area (TPSA) is 120 Å². The number of aliphatic hydroxyl groups excluding tert-OH is 1. The van der Waals surface area contributed by atoms with E-state index in [1.807, 2.05) is 37.4 Å². The van der Waals surface area contributed by atoms with Gasteiger partial charge >= 0.3 is 0 Å². The van der Waals surface area contributed by atoms with Crippen LogP contribution in [0.2, 0.25) is 0 Å². The minimum Gasteiger partial charge on any atom is -0.475 e. The number of nitrogens with one attached hydrogen (secondary N) is 1. The summed E-state index contributed by atoms with van der Waals surface area (Å²) >= 11 is 1.67. The molecule has 2 aromatic carbocycles. The Morgan fingerprint density at radius 2 is 1.95 bits per heavy atom. The van der Waals surface area contributed by atoms with Crippen LogP contribution >= 0.6 is 11.9 Å². The Bertz CT molecular complexity index is 1650. The number of likely N-dealkylation sites (N-methyl/N-ethyl adjacent to an activating group) is 1. The van der Waals surface area contributed by atoms with Crippen LogP contribution in [-0.2, 0) is 13.6 Å². The minimum atomic E-state index is -0.482. The van der Waals surface area contributed by atoms with Gasteiger partial charge in [-0.05, 0) is 55.3 Å². The maximum atomic E-state index is 13.2. The van der Waals surface area contributed by atoms with Gasteiger partial charge in [0.1, 0.15) is 17.7 Å². The zero-order valence-corrected chi connectivity index (χ0v) is 23.7. The van der Waals surface area contributed by atoms with E-state index in [-0.39, 0.29) is 29.5 Å². The van der Waals surface area contributed by atoms with Crippen LogP contribution in [0, 0.1) is 11.3 Å². The normalized spacial score (nSPS) is 14.4. The Kier molecular flexibility index (Phi) is 8.40. The van der Waals surface area contributed by atoms with Gasteiger partial charge in [-0.1, -0.05) is 54.4 Å². The summed E-state index contributed by atoms with van der Waals surface area (Å²) in [5.41, 5.74) is 2.50. The van der Waals surface area contributed by atoms with Crippen LogP contribution in [0.3, 0.4) is 0 Å². The third kappa shape index (κ3) is 6.28. The smallest absolute Gasteiger partial charge is 0.263 e. The van der Waals surface area contributed by atoms with Crippen molar-refractivity contribution < 1.29 is 14.6 Å². The van der Waals surface area contributed by atoms with Crippen molar-refractivity contribution in [1.82, 2.24) is 19.2 Å². The number of nitriles is 1. The van der Waals surface area contributed by atoms with Gasteiger partial charge in [0.25, 0.3) is 11.5 Å². The Hall–Kier alpha value is -4.17. The van der Waals surface area contributed by atoms with Crippen molar-refractivity contribution in [3.63, 3.8) is 0 Å². The van der Waals surface area contributed by atoms with Gasteiger partial charge in [0, 0.05) is 25.2 Å². The number of fused-ring (bicyclic) bond motifs is 1. The second-order valence-corrected chi connectivity index (χ2v) is 11.8. The Labute approximate surface area is 242 Å². The molecule has 1 amide bonds. The third-order valence-electron chi connectivity index (χ3n) is 7.29. The number of carbonyl (C=O) groups excluding carboxylic acids is 1. The SMILES string of the molecule is CN(SC1(COc2nccc3cc(C(=O)NCc4ccc(C#N)cc4)c(=O)n(C)c23)CC1)[C@@H](CO)c1ccccc1. The van der Waals surface area contributed by atoms with Crippen molar-refractivity contribution in [2.45, 2.75) is 30.2 Å². The molecule has 1 saturated carbocycles. The van der Waals surface area contributed by atoms with Crippen molar-refractivity contribution in [2.24, 2.45) is 7.05 Å². The summed E-state index contributed by atoms with van der Waals surface area (Å²) in [6.45, 7) is 0.620. The number of pyridine rings is 2. The van der Waals surface area contributed by atoms with E-state index in [0.717, 1.165) is 24.0 Å². The highest BCUT2D eigenvalue weighted by Crippen LogP contribution is 2.51. The van der Waals surface area contributed by atoms with E-state index in [2.05, 4.69) is 20.7 Å². The van der Waals surface area contributed by atoms with Crippen LogP contribution in [0.5, 0.6) is 5.88 Å². The summed E-state index contributed by atoms with van der Waals surface area (Å²) in [7, 11) is 3.59. The van der Waals surface area contributed by atoms with E-state index in [1.54, 1.807) is 61.6 Å². The van der Waals surface area contributed by atoms with E-state index < -0.39 is 11.5 Å². The van der Waals surface area contributed by atoms with E-state index in [9.17, 15) is 14.7 Å². The quantitative estimate of drug-likeness (QED) is 0.261. The van der Waals surface area contributed by atoms with Crippen LogP contribution in [0.25, 0.3) is 10.9 Å². The highest BCUT2D eigenvalue weighted by molar-refractivity contribution is 7.98. The van der Waals surface area contributed by atoms with Gasteiger partial charge in [0.05, 0.1) is 29.0 Å². The zero-order valence-electron chi connectivity index (χ0n) is 22.9. The van der Waals surface area contributed by atoms with Gasteiger partial charge in [-0.3, -0.25) is 9.59 Å². The fourth-order valence-electron chi connectivity index (χ4n) is 4.72. The fourth-order valence-corrected chi connectivity index (χ4v) is 6.04. The molecule has 5 rings (SSSR count). The molecule has 1 atom stereocenters. The number of nitrogens with zero attached hydrogens (tertiary/aromatic N) is 4. The number of hydrogen-bond acceptors (Lipinski definition) is 8. The lowest BCUT2D eigenvalue weighted by Gasteiger charge is -2.29. The Balaban J connectivity index is 1.29. The number of rotatable bonds is 11. The highest BCUT2D eigenvalue weighted by atomic mass is 32.2. The number of aromatic nitrogens is 2. The molecule has 10 heteroatoms. The van der Waals surface area contributed by atoms with Gasteiger partial charge in [-0.2, -0.15) is 5.26 Å². The molecule has 2 heterocycles. The average Bonchev–Trinajstić information content (AvgIpc) is 3.76. The van der Waals surface area contributed by atoms with Gasteiger partial charge in [0.2, 0.25) is 5.88 Å². The van der Waals surface area contributed by atoms with Gasteiger partial charge in [-0.15, -0.1) is 0 Å². The van der Waals surface area contributed by atoms with Crippen LogP contribution in [0.4, 0.5) is 0 Å². The van der Waals surface area contributed by atoms with Crippen LogP contribution in [0.1, 0.15) is 45.9 Å². The number of benzene rings is 2. The number of carbonyl (C=O) groups is 1. The molecule has 41 heavy (non-hydrogen) atoms. The summed E-state index contributed by atoms with van der Waals surface area (Å²) in [6.07, 6.45) is 3.53. The van der Waals surface area contributed by atoms with Crippen molar-refractivity contribution in [3.05, 3.63) is 106 Å². The number of aryl methyl sites for hydroxylation is 1. The molecule has 0 radical (unpaired) electrons. The molecule has 0 aliphatic heterocycles. The standard InChI is InChI=1S/C31H31N5O4S/c1-35-27-24(16-25(30(35)39)28(38)34-18-22-10-8-21(17-32)9-11-22)12-15-33-29(27)40-20-31(13-14-31)41-36(2)26(19-37)23-6-4-3-5-7-23/h3-12,15-16,26,37H,13-14,18-20H2,1-2H3,(H,34,38)/t26-/m0/s1. The molecule has 2 aromatic heterocycles. The molecule has 0 unspecified atom stereocenters. The molecule has 0 saturated heterocycles. The maximum Gasteiger partial charge on any atom is 0.263 e. The molecular formula is C31H31N5O4S. The van der Waals surface area contributed by atoms with E-state index in [1.165, 1.54) is 4.57 Å². The lowest BCUT2D eigenvalue weighted by molar-refractivity contribution is 0.0949. The van der Waals surface area contributed by atoms with Crippen molar-refractivity contribution >= 4 is 28.8 Å². The van der Waals surface area contributed by atoms with Gasteiger partial charge in [-0.25, -0.2) is 9.29 Å². The largest absolute Gasteiger partial charge is 0.475 e. The second-order valence-electron chi connectivity index (χ2n) is 10.2. The second kappa shape index (κ2) is 12.1. The first-order chi connectivity index (χ1) is 19.8. The molecule has 1 aliphatic rings. The summed E-state index contributed by atoms with van der Waals surface area (Å²) in [6, 6.07) is 22.0. The lowest BCUT2D eigenvalue weighted by Crippen LogP contribution is -2.32. The first kappa shape index (κ1) is 28.4. The lowest BCUT2D eigenvalue weighted by atomic mass is 10.1. The third-order valence-corrected chi connectivity index (χ3v) is 8.74. The van der Waals surface area contributed by atoms with Crippen LogP contribution in [-0.4, -0.2) is 49.9 Å². The fraction of sp³-hybridized carbons (Fsp3) is 0.290. The molecule has 0 bridgehead atoms. The van der Waals surface area contributed by atoms with Crippen molar-refractivity contribution in [3.8, 4) is 11.9 Å². The van der Waals surface area contributed by atoms with E-state index in [0.29, 0.717) is 29.0 Å². The van der Waals surface area contributed by atoms with Gasteiger partial charge in [0.15, 0.2) is 0 Å². The van der Waals surface area contributed by atoms with Crippen LogP contribution < -0.4 is 15.6 Å². The molecule has 1 aliphatic carbocycles. The molecule has 9 nitrogen and oxygen atoms in total. The molecule has 210 valence electrons. The van der Waals surface area contributed by atoms with Crippen LogP contribution in [0.15, 0.2) is 77.7 Å². The summed E-state index contributed by atoms with van der Waals surface area (Å²) in [5.74, 6) is -0.146. The number of hydrogen-bond donors (Lipinski definition) is 2. The zero-order chi connectivity index (χ0) is 29.0. The van der Waals surface area contributed by atoms with E-state index >= 15 is 0 Å². The van der Waals surface area contributed by atoms with Gasteiger partial charge < -0.3 is 19.7 Å². The predicted octanol–water partition coefficient (Wildman–Crippen LogP) is 3.96. The summed E-state index contributed by atoms with van der Waals surface area (Å²) < 4.78 is 9.57. The van der Waals surface area contributed by atoms with E-state index in [4.69, 9.17) is 10.00 Å². The van der Waals surface area contributed by atoms with Crippen molar-refractivity contribution in [1.29, 1.82) is 5.26 Å². The van der Waals surface area contributed by atoms with Crippen molar-refractivity contribution in [2.75, 3.05) is 20.3 Å². The Morgan fingerprint density at radius 3 is 2.61 bits per heavy atom. The number of ether oxygens (including phenoxy) is 1. The summed E-state index contributed by atoms with van der Waals surface area (Å²) in [4.78, 5) is 30.6. The molecular weight excluding hydrogens is 538 g/mol. The number of amides is 1. The molecule has 1 fully saturated rings. The molecule has 4 aromatic rings. The number of aliphatic hydroxyl groups is 1. The monoisotopic (exact) mass is 569 g/mol. The Morgan fingerprint density at radius 1 is 1.22 bits per heavy atom.